The first-order valence-electron chi connectivity index (χ1n) is 14.3. The van der Waals surface area contributed by atoms with Crippen molar-refractivity contribution in [2.45, 2.75) is 58.0 Å². The molecule has 0 aliphatic carbocycles. The number of nitrogens with one attached hydrogen (secondary N) is 2. The molecule has 2 unspecified atom stereocenters. The lowest BCUT2D eigenvalue weighted by Gasteiger charge is -2.29. The molecule has 0 saturated carbocycles. The topological polar surface area (TPSA) is 141 Å². The maximum atomic E-state index is 13.8. The highest BCUT2D eigenvalue weighted by atomic mass is 19.4. The van der Waals surface area contributed by atoms with E-state index < -0.39 is 29.8 Å². The second kappa shape index (κ2) is 12.6. The molecule has 0 bridgehead atoms. The fourth-order valence-electron chi connectivity index (χ4n) is 5.47. The summed E-state index contributed by atoms with van der Waals surface area (Å²) >= 11 is 0. The van der Waals surface area contributed by atoms with Gasteiger partial charge >= 0.3 is 12.1 Å². The van der Waals surface area contributed by atoms with E-state index in [1.807, 2.05) is 20.8 Å². The number of aliphatic hydroxyl groups is 1. The molecule has 2 aliphatic rings. The number of nitrogens with zero attached hydrogens (tertiary/aromatic N) is 2. The van der Waals surface area contributed by atoms with Gasteiger partial charge in [0.05, 0.1) is 38.1 Å². The number of rotatable bonds is 9. The Hall–Kier alpha value is -4.33. The molecule has 2 aromatic rings. The minimum atomic E-state index is -5.21. The number of ether oxygens (including phenoxy) is 3. The number of esters is 1. The summed E-state index contributed by atoms with van der Waals surface area (Å²) < 4.78 is 54.4. The van der Waals surface area contributed by atoms with Crippen LogP contribution in [0.5, 0.6) is 11.5 Å². The molecule has 14 heteroatoms. The number of β-amino-alcohol motifs (C(OH)–C–C–N with tert-alkyl or cyclic N) is 1. The Morgan fingerprint density at radius 2 is 1.80 bits per heavy atom. The van der Waals surface area contributed by atoms with Crippen molar-refractivity contribution in [1.29, 1.82) is 5.41 Å². The lowest BCUT2D eigenvalue weighted by atomic mass is 9.84. The first-order chi connectivity index (χ1) is 21.0. The third-order valence-electron chi connectivity index (χ3n) is 7.71. The van der Waals surface area contributed by atoms with E-state index in [9.17, 15) is 32.7 Å². The molecule has 2 heterocycles. The average molecular weight is 635 g/mol. The summed E-state index contributed by atoms with van der Waals surface area (Å²) in [5.74, 6) is -2.32. The van der Waals surface area contributed by atoms with E-state index in [0.29, 0.717) is 34.9 Å². The molecular weight excluding hydrogens is 597 g/mol. The van der Waals surface area contributed by atoms with E-state index in [1.165, 1.54) is 25.1 Å². The first kappa shape index (κ1) is 33.6. The molecule has 3 N–H and O–H groups in total. The number of fused-ring (bicyclic) bond motifs is 1. The summed E-state index contributed by atoms with van der Waals surface area (Å²) in [6.07, 6.45) is -8.08. The lowest BCUT2D eigenvalue weighted by molar-refractivity contribution is -0.207. The lowest BCUT2D eigenvalue weighted by Crippen LogP contribution is -2.36. The molecule has 0 spiro atoms. The maximum absolute atomic E-state index is 13.8. The maximum Gasteiger partial charge on any atom is 0.490 e. The summed E-state index contributed by atoms with van der Waals surface area (Å²) in [6, 6.07) is 6.49. The number of Topliss-reactive ketones (excluding diaryl/α,β-unsaturated/α-hetero) is 1. The van der Waals surface area contributed by atoms with Crippen LogP contribution in [0.25, 0.3) is 0 Å². The van der Waals surface area contributed by atoms with E-state index in [-0.39, 0.29) is 54.8 Å². The largest absolute Gasteiger partial charge is 0.494 e. The van der Waals surface area contributed by atoms with Gasteiger partial charge in [0.2, 0.25) is 0 Å². The van der Waals surface area contributed by atoms with Crippen LogP contribution in [0.2, 0.25) is 0 Å². The summed E-state index contributed by atoms with van der Waals surface area (Å²) in [7, 11) is 2.92. The predicted octanol–water partition coefficient (Wildman–Crippen LogP) is 3.43. The van der Waals surface area contributed by atoms with Crippen LogP contribution in [0.1, 0.15) is 65.1 Å². The number of benzene rings is 2. The summed E-state index contributed by atoms with van der Waals surface area (Å²) in [5.41, 5.74) is 2.19. The smallest absolute Gasteiger partial charge is 0.490 e. The molecule has 0 radical (unpaired) electrons. The highest BCUT2D eigenvalue weighted by Crippen LogP contribution is 2.42. The van der Waals surface area contributed by atoms with Crippen LogP contribution in [0.3, 0.4) is 0 Å². The van der Waals surface area contributed by atoms with Gasteiger partial charge in [-0.3, -0.25) is 15.0 Å². The summed E-state index contributed by atoms with van der Waals surface area (Å²) in [6.45, 7) is 7.45. The Balaban J connectivity index is 1.65. The van der Waals surface area contributed by atoms with Crippen molar-refractivity contribution in [3.8, 4) is 11.5 Å². The number of aliphatic hydroxyl groups excluding tert-OH is 1. The number of amides is 1. The van der Waals surface area contributed by atoms with Crippen LogP contribution < -0.4 is 19.7 Å². The van der Waals surface area contributed by atoms with Crippen molar-refractivity contribution in [3.05, 3.63) is 52.1 Å². The molecule has 1 saturated heterocycles. The Bertz CT molecular complexity index is 1520. The highest BCUT2D eigenvalue weighted by Gasteiger charge is 2.45. The number of methoxy groups -OCH3 is 1. The van der Waals surface area contributed by atoms with Gasteiger partial charge < -0.3 is 34.4 Å². The van der Waals surface area contributed by atoms with Gasteiger partial charge in [0.25, 0.3) is 5.91 Å². The zero-order valence-electron chi connectivity index (χ0n) is 25.9. The van der Waals surface area contributed by atoms with Crippen LogP contribution in [0, 0.1) is 5.41 Å². The molecule has 2 aromatic carbocycles. The number of anilines is 1. The standard InChI is InChI=1S/C31H37F3N4O7/c1-7-44-24-10-17-12-38(27(35)18(17)11-19(24)28(41)36-5)13-22(39)16-8-20(30(2,3)4)26(43-6)21(9-16)37-14-23(40)25(15-37)45-29(42)31(32,33)34/h8-11,23,25,35,40H,7,12-15H2,1-6H3,(H,36,41). The highest BCUT2D eigenvalue weighted by molar-refractivity contribution is 6.08. The molecular formula is C31H37F3N4O7. The summed E-state index contributed by atoms with van der Waals surface area (Å²) in [4.78, 5) is 40.8. The first-order valence-corrected chi connectivity index (χ1v) is 14.3. The molecule has 45 heavy (non-hydrogen) atoms. The van der Waals surface area contributed by atoms with Gasteiger partial charge in [-0.1, -0.05) is 20.8 Å². The van der Waals surface area contributed by atoms with Crippen LogP contribution in [0.15, 0.2) is 24.3 Å². The van der Waals surface area contributed by atoms with Crippen LogP contribution in [0.4, 0.5) is 18.9 Å². The normalized spacial score (nSPS) is 18.1. The molecule has 1 amide bonds. The molecule has 244 valence electrons. The van der Waals surface area contributed by atoms with Crippen molar-refractivity contribution in [3.63, 3.8) is 0 Å². The van der Waals surface area contributed by atoms with Crippen molar-refractivity contribution < 1.29 is 46.9 Å². The fraction of sp³-hybridized carbons (Fsp3) is 0.484. The van der Waals surface area contributed by atoms with E-state index in [4.69, 9.17) is 14.9 Å². The number of alkyl halides is 3. The Kier molecular flexibility index (Phi) is 9.38. The van der Waals surface area contributed by atoms with Crippen LogP contribution >= 0.6 is 0 Å². The second-order valence-electron chi connectivity index (χ2n) is 11.9. The zero-order chi connectivity index (χ0) is 33.4. The Morgan fingerprint density at radius 3 is 2.38 bits per heavy atom. The minimum absolute atomic E-state index is 0.0633. The number of ketones is 1. The summed E-state index contributed by atoms with van der Waals surface area (Å²) in [5, 5.41) is 21.8. The van der Waals surface area contributed by atoms with Crippen molar-refractivity contribution in [1.82, 2.24) is 10.2 Å². The number of hydrogen-bond acceptors (Lipinski definition) is 9. The van der Waals surface area contributed by atoms with E-state index >= 15 is 0 Å². The number of halogens is 3. The van der Waals surface area contributed by atoms with Crippen molar-refractivity contribution in [2.75, 3.05) is 45.3 Å². The Morgan fingerprint density at radius 1 is 1.11 bits per heavy atom. The number of carbonyl (C=O) groups is 3. The number of hydrogen-bond donors (Lipinski definition) is 3. The average Bonchev–Trinajstić information content (AvgIpc) is 3.48. The molecule has 4 rings (SSSR count). The minimum Gasteiger partial charge on any atom is -0.494 e. The molecule has 2 aliphatic heterocycles. The third kappa shape index (κ3) is 6.85. The van der Waals surface area contributed by atoms with Crippen LogP contribution in [-0.4, -0.2) is 92.3 Å². The zero-order valence-corrected chi connectivity index (χ0v) is 25.9. The number of amidine groups is 1. The quantitative estimate of drug-likeness (QED) is 0.280. The molecule has 11 nitrogen and oxygen atoms in total. The SMILES string of the molecule is CCOc1cc2c(cc1C(=O)NC)C(=N)N(CC(=O)c1cc(N3CC(O)C(OC(=O)C(F)(F)F)C3)c(OC)c(C(C)(C)C)c1)C2. The van der Waals surface area contributed by atoms with E-state index in [2.05, 4.69) is 10.1 Å². The molecule has 2 atom stereocenters. The van der Waals surface area contributed by atoms with Crippen molar-refractivity contribution >= 4 is 29.2 Å². The van der Waals surface area contributed by atoms with Gasteiger partial charge in [-0.2, -0.15) is 13.2 Å². The second-order valence-corrected chi connectivity index (χ2v) is 11.9. The van der Waals surface area contributed by atoms with Gasteiger partial charge in [0.1, 0.15) is 29.5 Å². The van der Waals surface area contributed by atoms with Gasteiger partial charge in [-0.25, -0.2) is 4.79 Å². The monoisotopic (exact) mass is 634 g/mol. The Labute approximate surface area is 258 Å². The van der Waals surface area contributed by atoms with Gasteiger partial charge in [-0.15, -0.1) is 0 Å². The van der Waals surface area contributed by atoms with E-state index in [1.54, 1.807) is 30.0 Å². The third-order valence-corrected chi connectivity index (χ3v) is 7.71. The predicted molar refractivity (Wildman–Crippen MR) is 158 cm³/mol. The van der Waals surface area contributed by atoms with E-state index in [0.717, 1.165) is 5.56 Å². The van der Waals surface area contributed by atoms with Gasteiger partial charge in [-0.05, 0) is 42.2 Å². The van der Waals surface area contributed by atoms with Crippen LogP contribution in [-0.2, 0) is 21.5 Å². The van der Waals surface area contributed by atoms with Crippen molar-refractivity contribution in [2.24, 2.45) is 0 Å². The fourth-order valence-corrected chi connectivity index (χ4v) is 5.47. The molecule has 1 fully saturated rings. The number of carbonyl (C=O) groups excluding carboxylic acids is 3. The molecule has 0 aromatic heterocycles. The van der Waals surface area contributed by atoms with Gasteiger partial charge in [0.15, 0.2) is 5.78 Å². The van der Waals surface area contributed by atoms with Gasteiger partial charge in [0, 0.05) is 36.8 Å².